The van der Waals surface area contributed by atoms with Crippen LogP contribution in [0.25, 0.3) is 0 Å². The van der Waals surface area contributed by atoms with Gasteiger partial charge in [-0.1, -0.05) is 23.4 Å². The van der Waals surface area contributed by atoms with E-state index in [9.17, 15) is 4.79 Å². The molecule has 1 unspecified atom stereocenters. The fraction of sp³-hybridized carbons (Fsp3) is 0.526. The van der Waals surface area contributed by atoms with Crippen LogP contribution in [-0.2, 0) is 11.2 Å². The maximum absolute atomic E-state index is 12.3. The number of amides is 1. The smallest absolute Gasteiger partial charge is 0.260 e. The molecule has 1 aromatic heterocycles. The van der Waals surface area contributed by atoms with Crippen LogP contribution in [0.5, 0.6) is 5.75 Å². The molecule has 1 saturated heterocycles. The van der Waals surface area contributed by atoms with Gasteiger partial charge < -0.3 is 14.2 Å². The van der Waals surface area contributed by atoms with Crippen LogP contribution in [0, 0.1) is 5.92 Å². The van der Waals surface area contributed by atoms with Crippen LogP contribution in [0.4, 0.5) is 0 Å². The van der Waals surface area contributed by atoms with Gasteiger partial charge in [0.25, 0.3) is 5.91 Å². The summed E-state index contributed by atoms with van der Waals surface area (Å²) >= 11 is 0. The normalized spacial score (nSPS) is 20.0. The van der Waals surface area contributed by atoms with E-state index in [-0.39, 0.29) is 12.5 Å². The van der Waals surface area contributed by atoms with E-state index in [1.807, 2.05) is 35.2 Å². The molecule has 0 spiro atoms. The van der Waals surface area contributed by atoms with Gasteiger partial charge in [0.1, 0.15) is 5.75 Å². The van der Waals surface area contributed by atoms with E-state index in [0.29, 0.717) is 11.8 Å². The number of ether oxygens (including phenoxy) is 1. The van der Waals surface area contributed by atoms with Crippen molar-refractivity contribution in [3.8, 4) is 5.75 Å². The summed E-state index contributed by atoms with van der Waals surface area (Å²) in [5.74, 6) is 3.40. The topological polar surface area (TPSA) is 68.5 Å². The van der Waals surface area contributed by atoms with Gasteiger partial charge in [-0.25, -0.2) is 0 Å². The Labute approximate surface area is 147 Å². The zero-order chi connectivity index (χ0) is 17.1. The standard InChI is InChI=1S/C19H23N3O3/c23-18(13-24-16-4-2-1-3-5-16)22-11-10-14(12-22)6-9-17-20-19(25-21-17)15-7-8-15/h1-5,14-15H,6-13H2. The highest BCUT2D eigenvalue weighted by atomic mass is 16.5. The average molecular weight is 341 g/mol. The lowest BCUT2D eigenvalue weighted by atomic mass is 10.0. The summed E-state index contributed by atoms with van der Waals surface area (Å²) in [7, 11) is 0. The van der Waals surface area contributed by atoms with Crippen molar-refractivity contribution >= 4 is 5.91 Å². The Morgan fingerprint density at radius 2 is 2.08 bits per heavy atom. The van der Waals surface area contributed by atoms with Crippen molar-refractivity contribution < 1.29 is 14.1 Å². The van der Waals surface area contributed by atoms with Crippen molar-refractivity contribution in [3.05, 3.63) is 42.0 Å². The van der Waals surface area contributed by atoms with Crippen LogP contribution in [0.2, 0.25) is 0 Å². The summed E-state index contributed by atoms with van der Waals surface area (Å²) in [4.78, 5) is 18.7. The highest BCUT2D eigenvalue weighted by Gasteiger charge is 2.30. The minimum Gasteiger partial charge on any atom is -0.484 e. The van der Waals surface area contributed by atoms with Crippen LogP contribution in [-0.4, -0.2) is 40.6 Å². The molecule has 1 aliphatic carbocycles. The molecule has 1 amide bonds. The molecular weight excluding hydrogens is 318 g/mol. The predicted octanol–water partition coefficient (Wildman–Crippen LogP) is 2.81. The average Bonchev–Trinajstić information content (AvgIpc) is 3.20. The van der Waals surface area contributed by atoms with Crippen LogP contribution in [0.3, 0.4) is 0 Å². The molecule has 2 aromatic rings. The molecule has 25 heavy (non-hydrogen) atoms. The lowest BCUT2D eigenvalue weighted by Gasteiger charge is -2.16. The molecule has 132 valence electrons. The van der Waals surface area contributed by atoms with E-state index < -0.39 is 0 Å². The molecular formula is C19H23N3O3. The lowest BCUT2D eigenvalue weighted by Crippen LogP contribution is -2.33. The summed E-state index contributed by atoms with van der Waals surface area (Å²) in [6.07, 6.45) is 5.19. The van der Waals surface area contributed by atoms with Gasteiger partial charge >= 0.3 is 0 Å². The third-order valence-corrected chi connectivity index (χ3v) is 4.93. The summed E-state index contributed by atoms with van der Waals surface area (Å²) < 4.78 is 10.8. The molecule has 6 heteroatoms. The van der Waals surface area contributed by atoms with Crippen LogP contribution >= 0.6 is 0 Å². The molecule has 2 aliphatic rings. The number of hydrogen-bond acceptors (Lipinski definition) is 5. The van der Waals surface area contributed by atoms with Crippen molar-refractivity contribution in [3.63, 3.8) is 0 Å². The van der Waals surface area contributed by atoms with Gasteiger partial charge in [0.2, 0.25) is 5.89 Å². The van der Waals surface area contributed by atoms with E-state index in [1.54, 1.807) is 0 Å². The molecule has 1 saturated carbocycles. The molecule has 2 heterocycles. The van der Waals surface area contributed by atoms with Crippen molar-refractivity contribution in [2.75, 3.05) is 19.7 Å². The summed E-state index contributed by atoms with van der Waals surface area (Å²) in [6.45, 7) is 1.71. The van der Waals surface area contributed by atoms with Crippen molar-refractivity contribution in [2.24, 2.45) is 5.92 Å². The van der Waals surface area contributed by atoms with Gasteiger partial charge in [-0.3, -0.25) is 4.79 Å². The SMILES string of the molecule is O=C(COc1ccccc1)N1CCC(CCc2noc(C3CC3)n2)C1. The number of carbonyl (C=O) groups is 1. The zero-order valence-electron chi connectivity index (χ0n) is 14.3. The third-order valence-electron chi connectivity index (χ3n) is 4.93. The van der Waals surface area contributed by atoms with E-state index >= 15 is 0 Å². The fourth-order valence-corrected chi connectivity index (χ4v) is 3.25. The van der Waals surface area contributed by atoms with Gasteiger partial charge in [-0.2, -0.15) is 4.98 Å². The molecule has 1 aromatic carbocycles. The molecule has 2 fully saturated rings. The first kappa shape index (κ1) is 16.1. The van der Waals surface area contributed by atoms with Crippen molar-refractivity contribution in [1.82, 2.24) is 15.0 Å². The molecule has 1 atom stereocenters. The number of aryl methyl sites for hydroxylation is 1. The van der Waals surface area contributed by atoms with E-state index in [1.165, 1.54) is 12.8 Å². The Morgan fingerprint density at radius 1 is 1.24 bits per heavy atom. The van der Waals surface area contributed by atoms with E-state index in [0.717, 1.165) is 49.8 Å². The summed E-state index contributed by atoms with van der Waals surface area (Å²) in [5.41, 5.74) is 0. The minimum absolute atomic E-state index is 0.0573. The largest absolute Gasteiger partial charge is 0.484 e. The Balaban J connectivity index is 1.20. The van der Waals surface area contributed by atoms with Gasteiger partial charge in [0.15, 0.2) is 12.4 Å². The third kappa shape index (κ3) is 4.18. The van der Waals surface area contributed by atoms with E-state index in [2.05, 4.69) is 10.1 Å². The number of nitrogens with zero attached hydrogens (tertiary/aromatic N) is 3. The fourth-order valence-electron chi connectivity index (χ4n) is 3.25. The van der Waals surface area contributed by atoms with E-state index in [4.69, 9.17) is 9.26 Å². The zero-order valence-corrected chi connectivity index (χ0v) is 14.3. The number of aromatic nitrogens is 2. The Hall–Kier alpha value is -2.37. The van der Waals surface area contributed by atoms with Crippen molar-refractivity contribution in [2.45, 2.75) is 38.0 Å². The summed E-state index contributed by atoms with van der Waals surface area (Å²) in [5, 5.41) is 4.07. The second kappa shape index (κ2) is 7.25. The second-order valence-electron chi connectivity index (χ2n) is 6.96. The van der Waals surface area contributed by atoms with Crippen molar-refractivity contribution in [1.29, 1.82) is 0 Å². The molecule has 4 rings (SSSR count). The number of benzene rings is 1. The Kier molecular flexibility index (Phi) is 4.68. The van der Waals surface area contributed by atoms with Gasteiger partial charge in [0.05, 0.1) is 0 Å². The first-order valence-corrected chi connectivity index (χ1v) is 9.06. The first-order chi connectivity index (χ1) is 12.3. The van der Waals surface area contributed by atoms with Gasteiger partial charge in [0, 0.05) is 25.4 Å². The van der Waals surface area contributed by atoms with Crippen LogP contribution < -0.4 is 4.74 Å². The quantitative estimate of drug-likeness (QED) is 0.774. The maximum atomic E-state index is 12.3. The number of rotatable bonds is 7. The first-order valence-electron chi connectivity index (χ1n) is 9.06. The number of likely N-dealkylation sites (tertiary alicyclic amines) is 1. The maximum Gasteiger partial charge on any atom is 0.260 e. The Bertz CT molecular complexity index is 712. The predicted molar refractivity (Wildman–Crippen MR) is 91.2 cm³/mol. The molecule has 6 nitrogen and oxygen atoms in total. The highest BCUT2D eigenvalue weighted by molar-refractivity contribution is 5.78. The second-order valence-corrected chi connectivity index (χ2v) is 6.96. The molecule has 0 radical (unpaired) electrons. The minimum atomic E-state index is 0.0573. The molecule has 1 aliphatic heterocycles. The number of para-hydroxylation sites is 1. The lowest BCUT2D eigenvalue weighted by molar-refractivity contribution is -0.132. The summed E-state index contributed by atoms with van der Waals surface area (Å²) in [6, 6.07) is 9.45. The number of carbonyl (C=O) groups excluding carboxylic acids is 1. The van der Waals surface area contributed by atoms with Gasteiger partial charge in [-0.15, -0.1) is 0 Å². The highest BCUT2D eigenvalue weighted by Crippen LogP contribution is 2.38. The van der Waals surface area contributed by atoms with Gasteiger partial charge in [-0.05, 0) is 43.7 Å². The van der Waals surface area contributed by atoms with Crippen LogP contribution in [0.15, 0.2) is 34.9 Å². The number of hydrogen-bond donors (Lipinski definition) is 0. The molecule has 0 N–H and O–H groups in total. The monoisotopic (exact) mass is 341 g/mol. The van der Waals surface area contributed by atoms with Crippen LogP contribution in [0.1, 0.15) is 43.3 Å². The Morgan fingerprint density at radius 3 is 2.88 bits per heavy atom. The molecule has 0 bridgehead atoms.